The van der Waals surface area contributed by atoms with E-state index in [2.05, 4.69) is 5.32 Å². The lowest BCUT2D eigenvalue weighted by Crippen LogP contribution is -2.18. The van der Waals surface area contributed by atoms with Crippen LogP contribution in [-0.2, 0) is 4.79 Å². The second-order valence-corrected chi connectivity index (χ2v) is 6.01. The third kappa shape index (κ3) is 1.43. The third-order valence-electron chi connectivity index (χ3n) is 5.15. The Labute approximate surface area is 106 Å². The zero-order valence-electron chi connectivity index (χ0n) is 10.1. The second-order valence-electron chi connectivity index (χ2n) is 6.01. The lowest BCUT2D eigenvalue weighted by Gasteiger charge is -2.09. The molecule has 18 heavy (non-hydrogen) atoms. The van der Waals surface area contributed by atoms with Crippen LogP contribution in [0.1, 0.15) is 19.3 Å². The van der Waals surface area contributed by atoms with Crippen LogP contribution in [0.15, 0.2) is 24.3 Å². The summed E-state index contributed by atoms with van der Waals surface area (Å²) in [5.74, 6) is 3.05. The SMILES string of the molecule is O=C(Nc1ccc(F)cc1)C1[C@@H]2[C@H]3CC[C@@H](C3)[C@H]12. The molecule has 0 heterocycles. The van der Waals surface area contributed by atoms with Crippen LogP contribution in [0, 0.1) is 35.4 Å². The maximum Gasteiger partial charge on any atom is 0.228 e. The van der Waals surface area contributed by atoms with E-state index >= 15 is 0 Å². The van der Waals surface area contributed by atoms with E-state index in [4.69, 9.17) is 0 Å². The van der Waals surface area contributed by atoms with Crippen molar-refractivity contribution >= 4 is 11.6 Å². The first-order valence-corrected chi connectivity index (χ1v) is 6.80. The number of nitrogens with one attached hydrogen (secondary N) is 1. The first kappa shape index (κ1) is 10.5. The van der Waals surface area contributed by atoms with Crippen LogP contribution < -0.4 is 5.32 Å². The van der Waals surface area contributed by atoms with Crippen molar-refractivity contribution in [1.29, 1.82) is 0 Å². The van der Waals surface area contributed by atoms with Crippen molar-refractivity contribution < 1.29 is 9.18 Å². The average molecular weight is 245 g/mol. The van der Waals surface area contributed by atoms with Gasteiger partial charge < -0.3 is 5.32 Å². The summed E-state index contributed by atoms with van der Waals surface area (Å²) in [6, 6.07) is 6.01. The average Bonchev–Trinajstić information content (AvgIpc) is 2.82. The molecule has 3 aliphatic carbocycles. The first-order valence-electron chi connectivity index (χ1n) is 6.80. The Morgan fingerprint density at radius 2 is 1.72 bits per heavy atom. The van der Waals surface area contributed by atoms with Gasteiger partial charge in [0.1, 0.15) is 5.82 Å². The van der Waals surface area contributed by atoms with E-state index in [0.717, 1.165) is 11.8 Å². The highest BCUT2D eigenvalue weighted by molar-refractivity contribution is 5.95. The Morgan fingerprint density at radius 3 is 2.33 bits per heavy atom. The molecule has 0 saturated heterocycles. The number of anilines is 1. The number of halogens is 1. The maximum absolute atomic E-state index is 12.8. The van der Waals surface area contributed by atoms with Gasteiger partial charge in [-0.2, -0.15) is 0 Å². The summed E-state index contributed by atoms with van der Waals surface area (Å²) in [4.78, 5) is 12.2. The summed E-state index contributed by atoms with van der Waals surface area (Å²) in [6.45, 7) is 0. The largest absolute Gasteiger partial charge is 0.326 e. The quantitative estimate of drug-likeness (QED) is 0.852. The van der Waals surface area contributed by atoms with Gasteiger partial charge in [0, 0.05) is 11.6 Å². The Hall–Kier alpha value is -1.38. The topological polar surface area (TPSA) is 29.1 Å². The van der Waals surface area contributed by atoms with E-state index < -0.39 is 0 Å². The molecule has 1 N–H and O–H groups in total. The standard InChI is InChI=1S/C15H16FNO/c16-10-3-5-11(6-4-10)17-15(18)14-12-8-1-2-9(7-8)13(12)14/h3-6,8-9,12-14H,1-2,7H2,(H,17,18)/t8-,9-,12-,13+,14?/m0/s1. The molecular formula is C15H16FNO. The van der Waals surface area contributed by atoms with Gasteiger partial charge in [0.25, 0.3) is 0 Å². The minimum atomic E-state index is -0.269. The van der Waals surface area contributed by atoms with Crippen LogP contribution in [0.5, 0.6) is 0 Å². The van der Waals surface area contributed by atoms with Crippen molar-refractivity contribution in [3.8, 4) is 0 Å². The molecule has 1 aromatic carbocycles. The maximum atomic E-state index is 12.8. The molecule has 4 rings (SSSR count). The molecule has 2 nitrogen and oxygen atoms in total. The van der Waals surface area contributed by atoms with Gasteiger partial charge in [-0.25, -0.2) is 4.39 Å². The highest BCUT2D eigenvalue weighted by Gasteiger charge is 2.67. The molecule has 0 aromatic heterocycles. The van der Waals surface area contributed by atoms with Crippen molar-refractivity contribution in [1.82, 2.24) is 0 Å². The van der Waals surface area contributed by atoms with Gasteiger partial charge in [-0.05, 0) is 67.2 Å². The zero-order valence-corrected chi connectivity index (χ0v) is 10.1. The normalized spacial score (nSPS) is 39.5. The van der Waals surface area contributed by atoms with Crippen LogP contribution >= 0.6 is 0 Å². The Balaban J connectivity index is 1.45. The van der Waals surface area contributed by atoms with E-state index in [-0.39, 0.29) is 17.6 Å². The lowest BCUT2D eigenvalue weighted by atomic mass is 10.0. The molecule has 0 spiro atoms. The summed E-state index contributed by atoms with van der Waals surface area (Å²) in [5, 5.41) is 2.92. The predicted molar refractivity (Wildman–Crippen MR) is 66.3 cm³/mol. The number of hydrogen-bond acceptors (Lipinski definition) is 1. The number of benzene rings is 1. The van der Waals surface area contributed by atoms with Gasteiger partial charge in [-0.1, -0.05) is 0 Å². The molecule has 3 heteroatoms. The summed E-state index contributed by atoms with van der Waals surface area (Å²) in [7, 11) is 0. The number of amides is 1. The van der Waals surface area contributed by atoms with Crippen molar-refractivity contribution in [2.24, 2.45) is 29.6 Å². The Kier molecular flexibility index (Phi) is 2.08. The number of rotatable bonds is 2. The molecule has 94 valence electrons. The summed E-state index contributed by atoms with van der Waals surface area (Å²) in [5.41, 5.74) is 0.707. The van der Waals surface area contributed by atoms with E-state index in [1.54, 1.807) is 12.1 Å². The summed E-state index contributed by atoms with van der Waals surface area (Å²) < 4.78 is 12.8. The van der Waals surface area contributed by atoms with Gasteiger partial charge in [0.05, 0.1) is 0 Å². The highest BCUT2D eigenvalue weighted by atomic mass is 19.1. The van der Waals surface area contributed by atoms with Gasteiger partial charge in [0.2, 0.25) is 5.91 Å². The minimum Gasteiger partial charge on any atom is -0.326 e. The van der Waals surface area contributed by atoms with Crippen LogP contribution in [0.25, 0.3) is 0 Å². The van der Waals surface area contributed by atoms with Crippen LogP contribution in [0.4, 0.5) is 10.1 Å². The van der Waals surface area contributed by atoms with Crippen molar-refractivity contribution in [3.63, 3.8) is 0 Å². The smallest absolute Gasteiger partial charge is 0.228 e. The van der Waals surface area contributed by atoms with E-state index in [1.165, 1.54) is 31.4 Å². The number of fused-ring (bicyclic) bond motifs is 5. The molecule has 1 aromatic rings. The molecule has 3 aliphatic rings. The number of carbonyl (C=O) groups excluding carboxylic acids is 1. The van der Waals surface area contributed by atoms with Crippen LogP contribution in [0.2, 0.25) is 0 Å². The molecular weight excluding hydrogens is 229 g/mol. The Morgan fingerprint density at radius 1 is 1.11 bits per heavy atom. The molecule has 0 aliphatic heterocycles. The fraction of sp³-hybridized carbons (Fsp3) is 0.533. The molecule has 1 unspecified atom stereocenters. The van der Waals surface area contributed by atoms with Gasteiger partial charge in [-0.3, -0.25) is 4.79 Å². The lowest BCUT2D eigenvalue weighted by molar-refractivity contribution is -0.118. The Bertz CT molecular complexity index is 482. The van der Waals surface area contributed by atoms with Gasteiger partial charge >= 0.3 is 0 Å². The van der Waals surface area contributed by atoms with E-state index in [1.807, 2.05) is 0 Å². The van der Waals surface area contributed by atoms with Crippen LogP contribution in [0.3, 0.4) is 0 Å². The van der Waals surface area contributed by atoms with Crippen molar-refractivity contribution in [2.75, 3.05) is 5.32 Å². The zero-order chi connectivity index (χ0) is 12.3. The van der Waals surface area contributed by atoms with E-state index in [9.17, 15) is 9.18 Å². The minimum absolute atomic E-state index is 0.146. The summed E-state index contributed by atoms with van der Waals surface area (Å²) in [6.07, 6.45) is 4.01. The third-order valence-corrected chi connectivity index (χ3v) is 5.15. The molecule has 2 bridgehead atoms. The number of carbonyl (C=O) groups is 1. The molecule has 5 atom stereocenters. The van der Waals surface area contributed by atoms with Gasteiger partial charge in [0.15, 0.2) is 0 Å². The first-order chi connectivity index (χ1) is 8.74. The molecule has 0 radical (unpaired) electrons. The fourth-order valence-corrected chi connectivity index (χ4v) is 4.43. The monoisotopic (exact) mass is 245 g/mol. The fourth-order valence-electron chi connectivity index (χ4n) is 4.43. The summed E-state index contributed by atoms with van der Waals surface area (Å²) >= 11 is 0. The van der Waals surface area contributed by atoms with Crippen molar-refractivity contribution in [2.45, 2.75) is 19.3 Å². The molecule has 1 amide bonds. The highest BCUT2D eigenvalue weighted by Crippen LogP contribution is 2.69. The van der Waals surface area contributed by atoms with E-state index in [0.29, 0.717) is 17.5 Å². The van der Waals surface area contributed by atoms with Gasteiger partial charge in [-0.15, -0.1) is 0 Å². The van der Waals surface area contributed by atoms with Crippen LogP contribution in [-0.4, -0.2) is 5.91 Å². The number of hydrogen-bond donors (Lipinski definition) is 1. The molecule has 3 fully saturated rings. The molecule has 3 saturated carbocycles. The van der Waals surface area contributed by atoms with Crippen molar-refractivity contribution in [3.05, 3.63) is 30.1 Å². The predicted octanol–water partition coefficient (Wildman–Crippen LogP) is 3.06. The second kappa shape index (κ2) is 3.56.